The minimum atomic E-state index is 0.861. The monoisotopic (exact) mass is 182 g/mol. The summed E-state index contributed by atoms with van der Waals surface area (Å²) in [6, 6.07) is 11.8. The van der Waals surface area contributed by atoms with Crippen molar-refractivity contribution in [3.05, 3.63) is 42.0 Å². The SMILES string of the molecule is C#Cc1ccc(OC)c2ccccc12. The average molecular weight is 182 g/mol. The Kier molecular flexibility index (Phi) is 2.12. The van der Waals surface area contributed by atoms with Crippen molar-refractivity contribution >= 4 is 10.8 Å². The maximum absolute atomic E-state index is 5.42. The largest absolute Gasteiger partial charge is 0.496 e. The zero-order valence-corrected chi connectivity index (χ0v) is 7.95. The summed E-state index contributed by atoms with van der Waals surface area (Å²) in [6.07, 6.45) is 5.42. The van der Waals surface area contributed by atoms with Crippen molar-refractivity contribution < 1.29 is 4.74 Å². The van der Waals surface area contributed by atoms with Crippen LogP contribution >= 0.6 is 0 Å². The lowest BCUT2D eigenvalue weighted by Crippen LogP contribution is -1.86. The van der Waals surface area contributed by atoms with Gasteiger partial charge in [-0.15, -0.1) is 6.42 Å². The third-order valence-corrected chi connectivity index (χ3v) is 2.26. The molecule has 0 aliphatic rings. The van der Waals surface area contributed by atoms with Gasteiger partial charge in [-0.2, -0.15) is 0 Å². The zero-order chi connectivity index (χ0) is 9.97. The molecule has 0 aliphatic heterocycles. The highest BCUT2D eigenvalue weighted by molar-refractivity contribution is 5.92. The average Bonchev–Trinajstić information content (AvgIpc) is 2.27. The summed E-state index contributed by atoms with van der Waals surface area (Å²) in [5.74, 6) is 3.53. The molecule has 0 radical (unpaired) electrons. The van der Waals surface area contributed by atoms with E-state index in [9.17, 15) is 0 Å². The van der Waals surface area contributed by atoms with Gasteiger partial charge in [0, 0.05) is 16.3 Å². The first-order valence-electron chi connectivity index (χ1n) is 4.39. The molecule has 1 heteroatoms. The van der Waals surface area contributed by atoms with Gasteiger partial charge in [0.1, 0.15) is 5.75 Å². The van der Waals surface area contributed by atoms with Crippen molar-refractivity contribution in [2.75, 3.05) is 7.11 Å². The van der Waals surface area contributed by atoms with E-state index in [4.69, 9.17) is 11.2 Å². The van der Waals surface area contributed by atoms with Gasteiger partial charge in [0.2, 0.25) is 0 Å². The summed E-state index contributed by atoms with van der Waals surface area (Å²) in [5.41, 5.74) is 0.904. The van der Waals surface area contributed by atoms with Crippen molar-refractivity contribution in [3.8, 4) is 18.1 Å². The lowest BCUT2D eigenvalue weighted by molar-refractivity contribution is 0.420. The number of methoxy groups -OCH3 is 1. The van der Waals surface area contributed by atoms with E-state index in [-0.39, 0.29) is 0 Å². The maximum atomic E-state index is 5.42. The van der Waals surface area contributed by atoms with E-state index in [1.807, 2.05) is 36.4 Å². The van der Waals surface area contributed by atoms with Crippen LogP contribution in [-0.4, -0.2) is 7.11 Å². The number of hydrogen-bond acceptors (Lipinski definition) is 1. The van der Waals surface area contributed by atoms with E-state index in [2.05, 4.69) is 5.92 Å². The number of terminal acetylenes is 1. The topological polar surface area (TPSA) is 9.23 Å². The molecule has 0 fully saturated rings. The molecule has 0 bridgehead atoms. The molecule has 0 heterocycles. The predicted octanol–water partition coefficient (Wildman–Crippen LogP) is 2.83. The summed E-state index contributed by atoms with van der Waals surface area (Å²) in [4.78, 5) is 0. The van der Waals surface area contributed by atoms with Gasteiger partial charge in [0.05, 0.1) is 7.11 Å². The first-order chi connectivity index (χ1) is 6.86. The van der Waals surface area contributed by atoms with Crippen LogP contribution in [0, 0.1) is 12.3 Å². The van der Waals surface area contributed by atoms with Crippen molar-refractivity contribution in [1.82, 2.24) is 0 Å². The molecule has 2 aromatic rings. The first-order valence-corrected chi connectivity index (χ1v) is 4.39. The maximum Gasteiger partial charge on any atom is 0.126 e. The Hall–Kier alpha value is -1.94. The van der Waals surface area contributed by atoms with Crippen LogP contribution in [0.2, 0.25) is 0 Å². The van der Waals surface area contributed by atoms with Crippen LogP contribution in [0.5, 0.6) is 5.75 Å². The molecular weight excluding hydrogens is 172 g/mol. The van der Waals surface area contributed by atoms with E-state index < -0.39 is 0 Å². The third kappa shape index (κ3) is 1.22. The fourth-order valence-electron chi connectivity index (χ4n) is 1.58. The summed E-state index contributed by atoms with van der Waals surface area (Å²) in [7, 11) is 1.66. The molecule has 0 aliphatic carbocycles. The van der Waals surface area contributed by atoms with Crippen molar-refractivity contribution in [3.63, 3.8) is 0 Å². The quantitative estimate of drug-likeness (QED) is 0.616. The van der Waals surface area contributed by atoms with E-state index in [1.54, 1.807) is 7.11 Å². The Morgan fingerprint density at radius 1 is 1.07 bits per heavy atom. The number of ether oxygens (including phenoxy) is 1. The van der Waals surface area contributed by atoms with Gasteiger partial charge in [-0.25, -0.2) is 0 Å². The molecule has 68 valence electrons. The van der Waals surface area contributed by atoms with Crippen LogP contribution < -0.4 is 4.74 Å². The molecule has 1 nitrogen and oxygen atoms in total. The zero-order valence-electron chi connectivity index (χ0n) is 7.95. The van der Waals surface area contributed by atoms with Gasteiger partial charge in [-0.1, -0.05) is 30.2 Å². The second-order valence-corrected chi connectivity index (χ2v) is 3.01. The van der Waals surface area contributed by atoms with Gasteiger partial charge >= 0.3 is 0 Å². The van der Waals surface area contributed by atoms with Gasteiger partial charge in [-0.05, 0) is 12.1 Å². The highest BCUT2D eigenvalue weighted by atomic mass is 16.5. The second kappa shape index (κ2) is 3.43. The van der Waals surface area contributed by atoms with Crippen LogP contribution in [0.25, 0.3) is 10.8 Å². The Morgan fingerprint density at radius 2 is 1.79 bits per heavy atom. The molecule has 2 aromatic carbocycles. The van der Waals surface area contributed by atoms with E-state index >= 15 is 0 Å². The molecule has 14 heavy (non-hydrogen) atoms. The molecule has 0 atom stereocenters. The lowest BCUT2D eigenvalue weighted by atomic mass is 10.0. The fourth-order valence-corrected chi connectivity index (χ4v) is 1.58. The normalized spacial score (nSPS) is 9.71. The van der Waals surface area contributed by atoms with Crippen LogP contribution in [0.1, 0.15) is 5.56 Å². The van der Waals surface area contributed by atoms with E-state index in [1.165, 1.54) is 0 Å². The number of rotatable bonds is 1. The molecule has 0 amide bonds. The van der Waals surface area contributed by atoms with Crippen LogP contribution in [-0.2, 0) is 0 Å². The molecule has 0 unspecified atom stereocenters. The molecular formula is C13H10O. The van der Waals surface area contributed by atoms with Gasteiger partial charge in [0.15, 0.2) is 0 Å². The number of fused-ring (bicyclic) bond motifs is 1. The van der Waals surface area contributed by atoms with Crippen molar-refractivity contribution in [2.45, 2.75) is 0 Å². The minimum absolute atomic E-state index is 0.861. The summed E-state index contributed by atoms with van der Waals surface area (Å²) < 4.78 is 5.26. The first kappa shape index (κ1) is 8.65. The Balaban J connectivity index is 2.87. The summed E-state index contributed by atoms with van der Waals surface area (Å²) in [6.45, 7) is 0. The standard InChI is InChI=1S/C13H10O/c1-3-10-8-9-13(14-2)12-7-5-4-6-11(10)12/h1,4-9H,2H3. The van der Waals surface area contributed by atoms with Crippen molar-refractivity contribution in [2.24, 2.45) is 0 Å². The van der Waals surface area contributed by atoms with Crippen molar-refractivity contribution in [1.29, 1.82) is 0 Å². The summed E-state index contributed by atoms with van der Waals surface area (Å²) in [5, 5.41) is 2.12. The second-order valence-electron chi connectivity index (χ2n) is 3.01. The third-order valence-electron chi connectivity index (χ3n) is 2.26. The molecule has 0 aromatic heterocycles. The highest BCUT2D eigenvalue weighted by Crippen LogP contribution is 2.27. The Morgan fingerprint density at radius 3 is 2.43 bits per heavy atom. The predicted molar refractivity (Wildman–Crippen MR) is 58.4 cm³/mol. The van der Waals surface area contributed by atoms with Gasteiger partial charge in [0.25, 0.3) is 0 Å². The van der Waals surface area contributed by atoms with Crippen LogP contribution in [0.4, 0.5) is 0 Å². The van der Waals surface area contributed by atoms with Crippen LogP contribution in [0.15, 0.2) is 36.4 Å². The minimum Gasteiger partial charge on any atom is -0.496 e. The highest BCUT2D eigenvalue weighted by Gasteiger charge is 2.02. The Labute approximate surface area is 83.3 Å². The number of benzene rings is 2. The van der Waals surface area contributed by atoms with E-state index in [0.717, 1.165) is 22.1 Å². The number of hydrogen-bond donors (Lipinski definition) is 0. The smallest absolute Gasteiger partial charge is 0.126 e. The lowest BCUT2D eigenvalue weighted by Gasteiger charge is -2.06. The fraction of sp³-hybridized carbons (Fsp3) is 0.0769. The van der Waals surface area contributed by atoms with Crippen LogP contribution in [0.3, 0.4) is 0 Å². The van der Waals surface area contributed by atoms with E-state index in [0.29, 0.717) is 0 Å². The summed E-state index contributed by atoms with van der Waals surface area (Å²) >= 11 is 0. The Bertz CT molecular complexity index is 506. The molecule has 2 rings (SSSR count). The molecule has 0 saturated heterocycles. The van der Waals surface area contributed by atoms with Gasteiger partial charge in [-0.3, -0.25) is 0 Å². The molecule has 0 spiro atoms. The molecule has 0 N–H and O–H groups in total. The van der Waals surface area contributed by atoms with Gasteiger partial charge < -0.3 is 4.74 Å². The molecule has 0 saturated carbocycles.